The lowest BCUT2D eigenvalue weighted by Crippen LogP contribution is -2.24. The van der Waals surface area contributed by atoms with Crippen molar-refractivity contribution >= 4 is 0 Å². The molecule has 0 amide bonds. The maximum absolute atomic E-state index is 5.40. The Bertz CT molecular complexity index is 347. The summed E-state index contributed by atoms with van der Waals surface area (Å²) >= 11 is 0. The normalized spacial score (nSPS) is 12.8. The Kier molecular flexibility index (Phi) is 5.49. The van der Waals surface area contributed by atoms with Crippen molar-refractivity contribution in [3.05, 3.63) is 29.3 Å². The monoisotopic (exact) mass is 235 g/mol. The quantitative estimate of drug-likeness (QED) is 0.816. The molecule has 2 heteroatoms. The van der Waals surface area contributed by atoms with Gasteiger partial charge in [0.25, 0.3) is 0 Å². The number of rotatable bonds is 6. The molecule has 0 fully saturated rings. The Hall–Kier alpha value is -1.02. The van der Waals surface area contributed by atoms with Crippen LogP contribution in [-0.2, 0) is 0 Å². The van der Waals surface area contributed by atoms with E-state index < -0.39 is 0 Å². The number of hydrogen-bond donors (Lipinski definition) is 1. The van der Waals surface area contributed by atoms with Gasteiger partial charge in [0, 0.05) is 6.54 Å². The van der Waals surface area contributed by atoms with Gasteiger partial charge >= 0.3 is 0 Å². The molecule has 0 saturated heterocycles. The molecule has 1 aromatic carbocycles. The molecule has 1 aromatic rings. The maximum Gasteiger partial charge on any atom is 0.122 e. The molecular weight excluding hydrogens is 210 g/mol. The van der Waals surface area contributed by atoms with E-state index in [-0.39, 0.29) is 0 Å². The average Bonchev–Trinajstić information content (AvgIpc) is 2.31. The van der Waals surface area contributed by atoms with Crippen LogP contribution in [0.3, 0.4) is 0 Å². The average molecular weight is 235 g/mol. The molecule has 0 radical (unpaired) electrons. The van der Waals surface area contributed by atoms with Crippen LogP contribution >= 0.6 is 0 Å². The maximum atomic E-state index is 5.40. The Morgan fingerprint density at radius 1 is 1.29 bits per heavy atom. The Morgan fingerprint density at radius 2 is 2.00 bits per heavy atom. The molecular formula is C15H25NO. The first-order valence-corrected chi connectivity index (χ1v) is 6.45. The van der Waals surface area contributed by atoms with Crippen LogP contribution in [0.1, 0.15) is 37.8 Å². The van der Waals surface area contributed by atoms with Crippen LogP contribution in [0.5, 0.6) is 5.75 Å². The lowest BCUT2D eigenvalue weighted by Gasteiger charge is -2.22. The highest BCUT2D eigenvalue weighted by atomic mass is 16.5. The second kappa shape index (κ2) is 6.65. The smallest absolute Gasteiger partial charge is 0.122 e. The number of ether oxygens (including phenoxy) is 1. The second-order valence-corrected chi connectivity index (χ2v) is 4.89. The van der Waals surface area contributed by atoms with Crippen LogP contribution in [0.4, 0.5) is 0 Å². The molecule has 0 bridgehead atoms. The summed E-state index contributed by atoms with van der Waals surface area (Å²) in [6.07, 6.45) is 0. The minimum absolute atomic E-state index is 0.546. The van der Waals surface area contributed by atoms with E-state index in [0.29, 0.717) is 11.8 Å². The third-order valence-corrected chi connectivity index (χ3v) is 3.28. The van der Waals surface area contributed by atoms with E-state index >= 15 is 0 Å². The molecule has 0 aromatic heterocycles. The summed E-state index contributed by atoms with van der Waals surface area (Å²) in [6, 6.07) is 6.55. The molecule has 0 saturated carbocycles. The Labute approximate surface area is 105 Å². The molecule has 1 unspecified atom stereocenters. The van der Waals surface area contributed by atoms with Crippen LogP contribution in [0.15, 0.2) is 18.2 Å². The molecule has 0 spiro atoms. The largest absolute Gasteiger partial charge is 0.496 e. The SMILES string of the molecule is CCNCC(c1ccc(C)c(OC)c1)C(C)C. The van der Waals surface area contributed by atoms with Crippen LogP contribution < -0.4 is 10.1 Å². The third kappa shape index (κ3) is 3.74. The lowest BCUT2D eigenvalue weighted by molar-refractivity contribution is 0.408. The van der Waals surface area contributed by atoms with E-state index in [1.165, 1.54) is 11.1 Å². The van der Waals surface area contributed by atoms with E-state index in [9.17, 15) is 0 Å². The number of aryl methyl sites for hydroxylation is 1. The van der Waals surface area contributed by atoms with Crippen LogP contribution in [-0.4, -0.2) is 20.2 Å². The second-order valence-electron chi connectivity index (χ2n) is 4.89. The fourth-order valence-electron chi connectivity index (χ4n) is 2.11. The topological polar surface area (TPSA) is 21.3 Å². The van der Waals surface area contributed by atoms with Gasteiger partial charge in [-0.25, -0.2) is 0 Å². The minimum Gasteiger partial charge on any atom is -0.496 e. The number of methoxy groups -OCH3 is 1. The zero-order chi connectivity index (χ0) is 12.8. The van der Waals surface area contributed by atoms with Crippen molar-refractivity contribution in [3.8, 4) is 5.75 Å². The highest BCUT2D eigenvalue weighted by Crippen LogP contribution is 2.28. The van der Waals surface area contributed by atoms with E-state index in [1.54, 1.807) is 7.11 Å². The Balaban J connectivity index is 2.93. The van der Waals surface area contributed by atoms with Crippen molar-refractivity contribution < 1.29 is 4.74 Å². The molecule has 96 valence electrons. The summed E-state index contributed by atoms with van der Waals surface area (Å²) in [7, 11) is 1.74. The highest BCUT2D eigenvalue weighted by molar-refractivity contribution is 5.38. The molecule has 2 nitrogen and oxygen atoms in total. The lowest BCUT2D eigenvalue weighted by atomic mass is 9.87. The molecule has 1 N–H and O–H groups in total. The van der Waals surface area contributed by atoms with E-state index in [2.05, 4.69) is 51.2 Å². The van der Waals surface area contributed by atoms with Gasteiger partial charge in [-0.3, -0.25) is 0 Å². The summed E-state index contributed by atoms with van der Waals surface area (Å²) in [4.78, 5) is 0. The first-order chi connectivity index (χ1) is 8.10. The predicted octanol–water partition coefficient (Wildman–Crippen LogP) is 3.35. The van der Waals surface area contributed by atoms with Crippen molar-refractivity contribution in [1.29, 1.82) is 0 Å². The minimum atomic E-state index is 0.546. The zero-order valence-corrected chi connectivity index (χ0v) is 11.7. The molecule has 0 aliphatic rings. The van der Waals surface area contributed by atoms with Gasteiger partial charge in [0.1, 0.15) is 5.75 Å². The van der Waals surface area contributed by atoms with Gasteiger partial charge in [0.15, 0.2) is 0 Å². The van der Waals surface area contributed by atoms with Gasteiger partial charge in [-0.15, -0.1) is 0 Å². The van der Waals surface area contributed by atoms with Crippen LogP contribution in [0.25, 0.3) is 0 Å². The summed E-state index contributed by atoms with van der Waals surface area (Å²) in [5, 5.41) is 3.44. The zero-order valence-electron chi connectivity index (χ0n) is 11.7. The van der Waals surface area contributed by atoms with Crippen LogP contribution in [0, 0.1) is 12.8 Å². The van der Waals surface area contributed by atoms with E-state index in [0.717, 1.165) is 18.8 Å². The fraction of sp³-hybridized carbons (Fsp3) is 0.600. The van der Waals surface area contributed by atoms with E-state index in [1.807, 2.05) is 0 Å². The Morgan fingerprint density at radius 3 is 2.53 bits per heavy atom. The van der Waals surface area contributed by atoms with Gasteiger partial charge in [-0.1, -0.05) is 32.9 Å². The van der Waals surface area contributed by atoms with Crippen LogP contribution in [0.2, 0.25) is 0 Å². The van der Waals surface area contributed by atoms with Gasteiger partial charge in [-0.05, 0) is 42.5 Å². The molecule has 0 aliphatic carbocycles. The number of nitrogens with one attached hydrogen (secondary N) is 1. The third-order valence-electron chi connectivity index (χ3n) is 3.28. The molecule has 1 rings (SSSR count). The molecule has 17 heavy (non-hydrogen) atoms. The van der Waals surface area contributed by atoms with Gasteiger partial charge in [0.05, 0.1) is 7.11 Å². The number of benzene rings is 1. The summed E-state index contributed by atoms with van der Waals surface area (Å²) in [6.45, 7) is 10.8. The molecule has 0 heterocycles. The first kappa shape index (κ1) is 14.0. The van der Waals surface area contributed by atoms with Gasteiger partial charge in [-0.2, -0.15) is 0 Å². The molecule has 0 aliphatic heterocycles. The number of hydrogen-bond acceptors (Lipinski definition) is 2. The van der Waals surface area contributed by atoms with Gasteiger partial charge < -0.3 is 10.1 Å². The van der Waals surface area contributed by atoms with Crippen molar-refractivity contribution in [2.24, 2.45) is 5.92 Å². The summed E-state index contributed by atoms with van der Waals surface area (Å²) in [5.74, 6) is 2.16. The summed E-state index contributed by atoms with van der Waals surface area (Å²) in [5.41, 5.74) is 2.56. The first-order valence-electron chi connectivity index (χ1n) is 6.45. The van der Waals surface area contributed by atoms with Crippen molar-refractivity contribution in [2.75, 3.05) is 20.2 Å². The van der Waals surface area contributed by atoms with Gasteiger partial charge in [0.2, 0.25) is 0 Å². The van der Waals surface area contributed by atoms with E-state index in [4.69, 9.17) is 4.74 Å². The van der Waals surface area contributed by atoms with Crippen molar-refractivity contribution in [2.45, 2.75) is 33.6 Å². The van der Waals surface area contributed by atoms with Crippen molar-refractivity contribution in [3.63, 3.8) is 0 Å². The molecule has 1 atom stereocenters. The highest BCUT2D eigenvalue weighted by Gasteiger charge is 2.16. The summed E-state index contributed by atoms with van der Waals surface area (Å²) < 4.78 is 5.40. The standard InChI is InChI=1S/C15H25NO/c1-6-16-10-14(11(2)3)13-8-7-12(4)15(9-13)17-5/h7-9,11,14,16H,6,10H2,1-5H3. The fourth-order valence-corrected chi connectivity index (χ4v) is 2.11. The predicted molar refractivity (Wildman–Crippen MR) is 73.9 cm³/mol. The van der Waals surface area contributed by atoms with Crippen molar-refractivity contribution in [1.82, 2.24) is 5.32 Å². The number of likely N-dealkylation sites (N-methyl/N-ethyl adjacent to an activating group) is 1.